The number of hydrogen-bond donors (Lipinski definition) is 3. The van der Waals surface area contributed by atoms with Crippen LogP contribution in [0.1, 0.15) is 51.8 Å². The van der Waals surface area contributed by atoms with Crippen molar-refractivity contribution < 1.29 is 24.5 Å². The van der Waals surface area contributed by atoms with Gasteiger partial charge in [0.25, 0.3) is 0 Å². The predicted molar refractivity (Wildman–Crippen MR) is 137 cm³/mol. The van der Waals surface area contributed by atoms with Gasteiger partial charge in [0.05, 0.1) is 23.7 Å². The predicted octanol–water partition coefficient (Wildman–Crippen LogP) is 3.87. The second-order valence-corrected chi connectivity index (χ2v) is 12.3. The molecule has 0 bridgehead atoms. The van der Waals surface area contributed by atoms with Crippen molar-refractivity contribution >= 4 is 11.9 Å². The topological polar surface area (TPSA) is 95.6 Å². The molecule has 2 aromatic rings. The second-order valence-electron chi connectivity index (χ2n) is 12.3. The van der Waals surface area contributed by atoms with Crippen LogP contribution in [0, 0.1) is 40.3 Å². The fourth-order valence-corrected chi connectivity index (χ4v) is 8.90. The number of allylic oxidation sites excluding steroid dienone is 3. The molecule has 4 aliphatic carbocycles. The fourth-order valence-electron chi connectivity index (χ4n) is 8.90. The van der Waals surface area contributed by atoms with Gasteiger partial charge in [0, 0.05) is 16.7 Å². The van der Waals surface area contributed by atoms with Crippen LogP contribution in [0.15, 0.2) is 47.7 Å². The summed E-state index contributed by atoms with van der Waals surface area (Å²) in [6.45, 7) is 7.44. The van der Waals surface area contributed by atoms with E-state index in [2.05, 4.69) is 31.1 Å². The summed E-state index contributed by atoms with van der Waals surface area (Å²) in [6.07, 6.45) is 7.24. The molecule has 7 heteroatoms. The molecule has 0 saturated heterocycles. The minimum absolute atomic E-state index is 0.00689. The van der Waals surface area contributed by atoms with Crippen LogP contribution >= 0.6 is 0 Å². The molecule has 6 nitrogen and oxygen atoms in total. The Bertz CT molecular complexity index is 1350. The fraction of sp³-hybridized carbons (Fsp3) is 0.533. The Morgan fingerprint density at radius 3 is 2.62 bits per heavy atom. The molecule has 0 aliphatic heterocycles. The van der Waals surface area contributed by atoms with Gasteiger partial charge < -0.3 is 15.3 Å². The van der Waals surface area contributed by atoms with E-state index >= 15 is 0 Å². The van der Waals surface area contributed by atoms with E-state index in [1.165, 1.54) is 17.7 Å². The third-order valence-corrected chi connectivity index (χ3v) is 10.5. The van der Waals surface area contributed by atoms with E-state index in [1.807, 2.05) is 24.7 Å². The molecule has 37 heavy (non-hydrogen) atoms. The summed E-state index contributed by atoms with van der Waals surface area (Å²) >= 11 is 0. The molecule has 1 aromatic heterocycles. The summed E-state index contributed by atoms with van der Waals surface area (Å²) in [6, 6.07) is 6.30. The molecule has 2 fully saturated rings. The summed E-state index contributed by atoms with van der Waals surface area (Å²) in [5.41, 5.74) is 2.31. The maximum Gasteiger partial charge on any atom is 0.190 e. The molecule has 1 heterocycles. The Morgan fingerprint density at radius 2 is 1.95 bits per heavy atom. The lowest BCUT2D eigenvalue weighted by molar-refractivity contribution is -0.179. The third-order valence-electron chi connectivity index (χ3n) is 10.5. The summed E-state index contributed by atoms with van der Waals surface area (Å²) in [4.78, 5) is 12.9. The molecule has 0 spiro atoms. The highest BCUT2D eigenvalue weighted by Gasteiger charge is 2.70. The first-order valence-electron chi connectivity index (χ1n) is 13.2. The van der Waals surface area contributed by atoms with Gasteiger partial charge in [0.15, 0.2) is 5.78 Å². The summed E-state index contributed by atoms with van der Waals surface area (Å²) in [7, 11) is 0. The van der Waals surface area contributed by atoms with Crippen molar-refractivity contribution in [3.05, 3.63) is 64.8 Å². The molecule has 0 amide bonds. The van der Waals surface area contributed by atoms with Gasteiger partial charge in [0.2, 0.25) is 0 Å². The summed E-state index contributed by atoms with van der Waals surface area (Å²) in [5.74, 6) is -1.23. The molecule has 6 rings (SSSR count). The van der Waals surface area contributed by atoms with Crippen LogP contribution < -0.4 is 0 Å². The number of hydrogen-bond acceptors (Lipinski definition) is 5. The number of ketones is 1. The lowest BCUT2D eigenvalue weighted by Crippen LogP contribution is -2.62. The van der Waals surface area contributed by atoms with Crippen LogP contribution in [-0.4, -0.2) is 49.2 Å². The first-order chi connectivity index (χ1) is 17.5. The average Bonchev–Trinajstić information content (AvgIpc) is 3.34. The SMILES string of the molecule is CC1=C[C@@H]2[C@H]([C@@H](O)C[C@@]3(C)[C@H]2C[C@@H](C)[C@]3(O)C(=O)CO)[C@@]2(C)Cc3cnn(-c4ccc(F)cc4)c3C=C12. The maximum atomic E-state index is 13.5. The molecule has 1 aromatic carbocycles. The molecule has 8 atom stereocenters. The molecule has 0 unspecified atom stereocenters. The Morgan fingerprint density at radius 1 is 1.24 bits per heavy atom. The Kier molecular flexibility index (Phi) is 5.31. The smallest absolute Gasteiger partial charge is 0.190 e. The molecule has 3 N–H and O–H groups in total. The van der Waals surface area contributed by atoms with Crippen LogP contribution in [-0.2, 0) is 11.2 Å². The lowest BCUT2D eigenvalue weighted by Gasteiger charge is -2.59. The normalized spacial score (nSPS) is 40.2. The number of benzene rings is 1. The summed E-state index contributed by atoms with van der Waals surface area (Å²) < 4.78 is 15.4. The Labute approximate surface area is 216 Å². The van der Waals surface area contributed by atoms with Gasteiger partial charge in [-0.15, -0.1) is 0 Å². The van der Waals surface area contributed by atoms with Crippen LogP contribution in [0.4, 0.5) is 4.39 Å². The van der Waals surface area contributed by atoms with Crippen molar-refractivity contribution in [3.8, 4) is 5.69 Å². The van der Waals surface area contributed by atoms with Crippen molar-refractivity contribution in [1.82, 2.24) is 9.78 Å². The number of fused-ring (bicyclic) bond motifs is 6. The van der Waals surface area contributed by atoms with E-state index in [0.717, 1.165) is 22.5 Å². The van der Waals surface area contributed by atoms with Gasteiger partial charge in [0.1, 0.15) is 18.0 Å². The number of rotatable bonds is 3. The van der Waals surface area contributed by atoms with Crippen molar-refractivity contribution in [2.75, 3.05) is 6.61 Å². The van der Waals surface area contributed by atoms with Crippen molar-refractivity contribution in [3.63, 3.8) is 0 Å². The van der Waals surface area contributed by atoms with Crippen molar-refractivity contribution in [2.24, 2.45) is 34.5 Å². The number of aliphatic hydroxyl groups is 3. The summed E-state index contributed by atoms with van der Waals surface area (Å²) in [5, 5.41) is 37.8. The lowest BCUT2D eigenvalue weighted by atomic mass is 9.46. The zero-order valence-electron chi connectivity index (χ0n) is 21.8. The van der Waals surface area contributed by atoms with E-state index in [0.29, 0.717) is 19.3 Å². The van der Waals surface area contributed by atoms with Gasteiger partial charge in [-0.3, -0.25) is 4.79 Å². The Hall–Kier alpha value is -2.61. The van der Waals surface area contributed by atoms with Gasteiger partial charge in [-0.25, -0.2) is 9.07 Å². The van der Waals surface area contributed by atoms with Gasteiger partial charge >= 0.3 is 0 Å². The Balaban J connectivity index is 1.45. The quantitative estimate of drug-likeness (QED) is 0.588. The van der Waals surface area contributed by atoms with Crippen LogP contribution in [0.25, 0.3) is 11.8 Å². The standard InChI is InChI=1S/C30H35FN2O4/c1-16-9-21-23-10-17(2)30(37,26(36)15-34)29(23,4)13-25(35)27(21)28(3)12-18-14-32-33(24(18)11-22(16)28)20-7-5-19(31)6-8-20/h5-9,11,14,17,21,23,25,27,34-35,37H,10,12-13,15H2,1-4H3/t17-,21+,23+,25+,27-,28+,29+,30+/m1/s1. The maximum absolute atomic E-state index is 13.5. The minimum atomic E-state index is -1.66. The highest BCUT2D eigenvalue weighted by atomic mass is 19.1. The number of carbonyl (C=O) groups excluding carboxylic acids is 1. The molecule has 0 radical (unpaired) electrons. The monoisotopic (exact) mass is 506 g/mol. The van der Waals surface area contributed by atoms with E-state index in [4.69, 9.17) is 0 Å². The second kappa shape index (κ2) is 7.95. The zero-order chi connectivity index (χ0) is 26.5. The van der Waals surface area contributed by atoms with E-state index in [9.17, 15) is 24.5 Å². The van der Waals surface area contributed by atoms with Crippen LogP contribution in [0.5, 0.6) is 0 Å². The zero-order valence-corrected chi connectivity index (χ0v) is 21.8. The number of aromatic nitrogens is 2. The number of nitrogens with zero attached hydrogens (tertiary/aromatic N) is 2. The average molecular weight is 507 g/mol. The number of aliphatic hydroxyl groups excluding tert-OH is 2. The van der Waals surface area contributed by atoms with Crippen LogP contribution in [0.2, 0.25) is 0 Å². The van der Waals surface area contributed by atoms with Crippen LogP contribution in [0.3, 0.4) is 0 Å². The van der Waals surface area contributed by atoms with E-state index < -0.39 is 29.5 Å². The molecule has 2 saturated carbocycles. The molecule has 196 valence electrons. The number of halogens is 1. The third kappa shape index (κ3) is 3.08. The number of carbonyl (C=O) groups is 1. The molecule has 4 aliphatic rings. The van der Waals surface area contributed by atoms with Gasteiger partial charge in [-0.05, 0) is 85.4 Å². The number of Topliss-reactive ketones (excluding diaryl/α,β-unsaturated/α-hetero) is 1. The van der Waals surface area contributed by atoms with E-state index in [1.54, 1.807) is 12.1 Å². The largest absolute Gasteiger partial charge is 0.393 e. The first kappa shape index (κ1) is 24.7. The van der Waals surface area contributed by atoms with Gasteiger partial charge in [-0.1, -0.05) is 32.4 Å². The first-order valence-corrected chi connectivity index (χ1v) is 13.2. The molecular formula is C30H35FN2O4. The minimum Gasteiger partial charge on any atom is -0.393 e. The highest BCUT2D eigenvalue weighted by molar-refractivity contribution is 5.90. The van der Waals surface area contributed by atoms with Crippen molar-refractivity contribution in [2.45, 2.75) is 58.7 Å². The van der Waals surface area contributed by atoms with Crippen molar-refractivity contribution in [1.29, 1.82) is 0 Å². The highest BCUT2D eigenvalue weighted by Crippen LogP contribution is 2.68. The van der Waals surface area contributed by atoms with E-state index in [-0.39, 0.29) is 34.9 Å². The van der Waals surface area contributed by atoms with Gasteiger partial charge in [-0.2, -0.15) is 5.10 Å². The molecular weight excluding hydrogens is 471 g/mol.